The first kappa shape index (κ1) is 27.2. The molecule has 2 aromatic carbocycles. The van der Waals surface area contributed by atoms with Crippen molar-refractivity contribution in [2.45, 2.75) is 6.92 Å². The maximum absolute atomic E-state index is 13.6. The van der Waals surface area contributed by atoms with E-state index in [9.17, 15) is 9.18 Å². The average Bonchev–Trinajstić information content (AvgIpc) is 2.93. The van der Waals surface area contributed by atoms with E-state index >= 15 is 0 Å². The van der Waals surface area contributed by atoms with E-state index < -0.39 is 0 Å². The molecule has 200 valence electrons. The second-order valence-electron chi connectivity index (χ2n) is 9.66. The lowest BCUT2D eigenvalue weighted by Gasteiger charge is -2.35. The fourth-order valence-corrected chi connectivity index (χ4v) is 4.35. The number of hydrogen-bond donors (Lipinski definition) is 1. The summed E-state index contributed by atoms with van der Waals surface area (Å²) in [5.74, 6) is 0.801. The molecule has 8 nitrogen and oxygen atoms in total. The number of ether oxygens (including phenoxy) is 1. The molecular formula is C29H35FN6O2. The first-order valence-corrected chi connectivity index (χ1v) is 12.7. The summed E-state index contributed by atoms with van der Waals surface area (Å²) in [6.45, 7) is 7.23. The number of hydrogen-bond acceptors (Lipinski definition) is 7. The number of aromatic nitrogens is 1. The van der Waals surface area contributed by atoms with E-state index in [1.165, 1.54) is 25.5 Å². The minimum Gasteiger partial charge on any atom is -0.496 e. The molecule has 1 N–H and O–H groups in total. The summed E-state index contributed by atoms with van der Waals surface area (Å²) in [6.07, 6.45) is 3.24. The van der Waals surface area contributed by atoms with Crippen LogP contribution in [0.25, 0.3) is 11.1 Å². The van der Waals surface area contributed by atoms with E-state index in [1.807, 2.05) is 42.2 Å². The van der Waals surface area contributed by atoms with Crippen LogP contribution in [0.5, 0.6) is 5.75 Å². The van der Waals surface area contributed by atoms with Crippen molar-refractivity contribution in [2.24, 2.45) is 5.10 Å². The van der Waals surface area contributed by atoms with Crippen molar-refractivity contribution in [1.29, 1.82) is 0 Å². The largest absolute Gasteiger partial charge is 0.496 e. The van der Waals surface area contributed by atoms with Crippen molar-refractivity contribution in [1.82, 2.24) is 19.7 Å². The van der Waals surface area contributed by atoms with Crippen LogP contribution in [0.15, 0.2) is 59.8 Å². The Labute approximate surface area is 223 Å². The Kier molecular flexibility index (Phi) is 9.04. The van der Waals surface area contributed by atoms with Gasteiger partial charge in [0, 0.05) is 62.2 Å². The Hall–Kier alpha value is -3.82. The Balaban J connectivity index is 1.40. The van der Waals surface area contributed by atoms with Gasteiger partial charge in [0.1, 0.15) is 17.4 Å². The molecule has 9 heteroatoms. The molecule has 0 spiro atoms. The number of piperazine rings is 1. The van der Waals surface area contributed by atoms with Gasteiger partial charge in [-0.2, -0.15) is 5.10 Å². The first-order chi connectivity index (χ1) is 18.3. The smallest absolute Gasteiger partial charge is 0.253 e. The zero-order chi connectivity index (χ0) is 27.1. The van der Waals surface area contributed by atoms with Crippen LogP contribution in [0, 0.1) is 12.7 Å². The van der Waals surface area contributed by atoms with E-state index in [2.05, 4.69) is 39.4 Å². The normalized spacial score (nSPS) is 14.3. The number of aryl methyl sites for hydroxylation is 1. The van der Waals surface area contributed by atoms with Crippen molar-refractivity contribution >= 4 is 17.9 Å². The van der Waals surface area contributed by atoms with E-state index in [1.54, 1.807) is 12.3 Å². The number of benzene rings is 2. The molecule has 1 aliphatic rings. The lowest BCUT2D eigenvalue weighted by atomic mass is 10.0. The Morgan fingerprint density at radius 1 is 1.13 bits per heavy atom. The van der Waals surface area contributed by atoms with Crippen LogP contribution in [0.3, 0.4) is 0 Å². The third-order valence-corrected chi connectivity index (χ3v) is 6.61. The number of carbonyl (C=O) groups is 1. The maximum atomic E-state index is 13.6. The third kappa shape index (κ3) is 6.93. The molecule has 1 amide bonds. The highest BCUT2D eigenvalue weighted by atomic mass is 19.1. The minimum atomic E-state index is -0.367. The Morgan fingerprint density at radius 3 is 2.63 bits per heavy atom. The Bertz CT molecular complexity index is 1290. The number of hydrazone groups is 1. The molecule has 0 aliphatic carbocycles. The topological polar surface area (TPSA) is 73.3 Å². The summed E-state index contributed by atoms with van der Waals surface area (Å²) < 4.78 is 18.8. The van der Waals surface area contributed by atoms with Crippen LogP contribution in [0.1, 0.15) is 21.5 Å². The summed E-state index contributed by atoms with van der Waals surface area (Å²) in [4.78, 5) is 24.2. The van der Waals surface area contributed by atoms with Crippen LogP contribution < -0.4 is 10.2 Å². The van der Waals surface area contributed by atoms with Gasteiger partial charge in [-0.1, -0.05) is 12.1 Å². The highest BCUT2D eigenvalue weighted by molar-refractivity contribution is 5.95. The van der Waals surface area contributed by atoms with Gasteiger partial charge >= 0.3 is 0 Å². The second-order valence-corrected chi connectivity index (χ2v) is 9.66. The lowest BCUT2D eigenvalue weighted by molar-refractivity contribution is 0.0630. The lowest BCUT2D eigenvalue weighted by Crippen LogP contribution is -2.49. The van der Waals surface area contributed by atoms with E-state index in [0.717, 1.165) is 56.0 Å². The maximum Gasteiger partial charge on any atom is 0.253 e. The fraction of sp³-hybridized carbons (Fsp3) is 0.345. The fourth-order valence-electron chi connectivity index (χ4n) is 4.35. The molecule has 4 rings (SSSR count). The van der Waals surface area contributed by atoms with Gasteiger partial charge in [-0.3, -0.25) is 15.1 Å². The van der Waals surface area contributed by atoms with Gasteiger partial charge in [0.15, 0.2) is 0 Å². The number of nitrogens with zero attached hydrogens (tertiary/aromatic N) is 5. The number of pyridine rings is 1. The summed E-state index contributed by atoms with van der Waals surface area (Å²) in [5, 5.41) is 4.20. The number of nitrogens with one attached hydrogen (secondary N) is 1. The van der Waals surface area contributed by atoms with Crippen LogP contribution in [0.2, 0.25) is 0 Å². The van der Waals surface area contributed by atoms with Crippen molar-refractivity contribution in [3.05, 3.63) is 77.2 Å². The molecular weight excluding hydrogens is 483 g/mol. The highest BCUT2D eigenvalue weighted by Gasteiger charge is 2.22. The molecule has 0 unspecified atom stereocenters. The number of likely N-dealkylation sites (N-methyl/N-ethyl adjacent to an activating group) is 1. The number of halogens is 1. The number of carbonyl (C=O) groups excluding carboxylic acids is 1. The van der Waals surface area contributed by atoms with Crippen molar-refractivity contribution < 1.29 is 13.9 Å². The van der Waals surface area contributed by atoms with Gasteiger partial charge in [0.05, 0.1) is 13.3 Å². The zero-order valence-electron chi connectivity index (χ0n) is 22.4. The van der Waals surface area contributed by atoms with Gasteiger partial charge in [0.25, 0.3) is 5.91 Å². The molecule has 0 atom stereocenters. The molecule has 2 heterocycles. The molecule has 1 fully saturated rings. The second kappa shape index (κ2) is 12.6. The molecule has 38 heavy (non-hydrogen) atoms. The van der Waals surface area contributed by atoms with Gasteiger partial charge in [-0.15, -0.1) is 0 Å². The van der Waals surface area contributed by atoms with E-state index in [-0.39, 0.29) is 11.7 Å². The zero-order valence-corrected chi connectivity index (χ0v) is 22.4. The Morgan fingerprint density at radius 2 is 1.92 bits per heavy atom. The summed E-state index contributed by atoms with van der Waals surface area (Å²) in [5.41, 5.74) is 6.83. The number of amides is 1. The van der Waals surface area contributed by atoms with Crippen LogP contribution in [-0.4, -0.2) is 92.3 Å². The number of rotatable bonds is 9. The highest BCUT2D eigenvalue weighted by Crippen LogP contribution is 2.25. The number of methoxy groups -OCH3 is 1. The minimum absolute atomic E-state index is 0.0594. The third-order valence-electron chi connectivity index (χ3n) is 6.61. The summed E-state index contributed by atoms with van der Waals surface area (Å²) >= 11 is 0. The van der Waals surface area contributed by atoms with Gasteiger partial charge in [-0.05, 0) is 68.5 Å². The molecule has 3 aromatic rings. The SMILES string of the molecule is COc1ccc(F)cc1/C=N/Nc1ncc(-c2cccc(C(=O)N3CCN(CCN(C)C)CC3)c2)cc1C. The van der Waals surface area contributed by atoms with Crippen molar-refractivity contribution in [3.63, 3.8) is 0 Å². The van der Waals surface area contributed by atoms with Crippen molar-refractivity contribution in [3.8, 4) is 16.9 Å². The van der Waals surface area contributed by atoms with Crippen LogP contribution >= 0.6 is 0 Å². The molecule has 0 bridgehead atoms. The molecule has 0 radical (unpaired) electrons. The predicted molar refractivity (Wildman–Crippen MR) is 149 cm³/mol. The van der Waals surface area contributed by atoms with Gasteiger partial charge in [0.2, 0.25) is 0 Å². The van der Waals surface area contributed by atoms with Gasteiger partial charge < -0.3 is 14.5 Å². The number of anilines is 1. The standard InChI is InChI=1S/C29H35FN6O2/c1-21-16-24(19-31-28(21)33-32-20-25-18-26(30)8-9-27(25)38-4)22-6-5-7-23(17-22)29(37)36-14-12-35(13-15-36)11-10-34(2)3/h5-9,16-20H,10-15H2,1-4H3,(H,31,33)/b32-20+. The summed E-state index contributed by atoms with van der Waals surface area (Å²) in [7, 11) is 5.68. The van der Waals surface area contributed by atoms with Crippen molar-refractivity contribution in [2.75, 3.05) is 65.9 Å². The molecule has 1 saturated heterocycles. The van der Waals surface area contributed by atoms with E-state index in [4.69, 9.17) is 4.74 Å². The van der Waals surface area contributed by atoms with Crippen LogP contribution in [-0.2, 0) is 0 Å². The first-order valence-electron chi connectivity index (χ1n) is 12.7. The monoisotopic (exact) mass is 518 g/mol. The van der Waals surface area contributed by atoms with Gasteiger partial charge in [-0.25, -0.2) is 9.37 Å². The molecule has 0 saturated carbocycles. The quantitative estimate of drug-likeness (QED) is 0.341. The molecule has 1 aromatic heterocycles. The van der Waals surface area contributed by atoms with Crippen LogP contribution in [0.4, 0.5) is 10.2 Å². The average molecular weight is 519 g/mol. The molecule has 1 aliphatic heterocycles. The predicted octanol–water partition coefficient (Wildman–Crippen LogP) is 3.97. The van der Waals surface area contributed by atoms with E-state index in [0.29, 0.717) is 22.7 Å². The summed E-state index contributed by atoms with van der Waals surface area (Å²) in [6, 6.07) is 13.9.